The molecule has 0 amide bonds. The van der Waals surface area contributed by atoms with Gasteiger partial charge in [-0.2, -0.15) is 0 Å². The van der Waals surface area contributed by atoms with E-state index >= 15 is 0 Å². The topological polar surface area (TPSA) is 21.1 Å². The maximum atomic E-state index is 4.75. The molecule has 1 aliphatic rings. The largest absolute Gasteiger partial charge is 0.303 e. The second-order valence-electron chi connectivity index (χ2n) is 6.42. The van der Waals surface area contributed by atoms with Crippen molar-refractivity contribution in [3.63, 3.8) is 0 Å². The fourth-order valence-corrected chi connectivity index (χ4v) is 3.76. The highest BCUT2D eigenvalue weighted by Gasteiger charge is 2.26. The zero-order valence-electron chi connectivity index (χ0n) is 14.0. The quantitative estimate of drug-likeness (QED) is 0.832. The van der Waals surface area contributed by atoms with Crippen molar-refractivity contribution in [3.05, 3.63) is 47.4 Å². The molecule has 118 valence electrons. The van der Waals surface area contributed by atoms with Gasteiger partial charge in [0.15, 0.2) is 0 Å². The summed E-state index contributed by atoms with van der Waals surface area (Å²) in [6.07, 6.45) is 7.03. The van der Waals surface area contributed by atoms with Crippen molar-refractivity contribution in [2.75, 3.05) is 13.1 Å². The van der Waals surface area contributed by atoms with Gasteiger partial charge in [0.25, 0.3) is 0 Å². The highest BCUT2D eigenvalue weighted by molar-refractivity contribution is 5.40. The number of nitrogens with zero attached hydrogens (tertiary/aromatic N) is 3. The van der Waals surface area contributed by atoms with E-state index < -0.39 is 0 Å². The number of pyridine rings is 1. The molecule has 0 spiro atoms. The molecular formula is C19H27N3. The van der Waals surface area contributed by atoms with Gasteiger partial charge in [0.2, 0.25) is 0 Å². The number of aromatic nitrogens is 2. The predicted molar refractivity (Wildman–Crippen MR) is 91.5 cm³/mol. The Labute approximate surface area is 134 Å². The van der Waals surface area contributed by atoms with Crippen LogP contribution in [0.15, 0.2) is 30.5 Å². The molecule has 1 aliphatic heterocycles. The van der Waals surface area contributed by atoms with E-state index in [0.29, 0.717) is 6.04 Å². The second kappa shape index (κ2) is 6.66. The van der Waals surface area contributed by atoms with Gasteiger partial charge in [-0.05, 0) is 64.4 Å². The summed E-state index contributed by atoms with van der Waals surface area (Å²) in [7, 11) is 0. The smallest absolute Gasteiger partial charge is 0.141 e. The van der Waals surface area contributed by atoms with E-state index in [1.807, 2.05) is 6.20 Å². The molecule has 3 nitrogen and oxygen atoms in total. The molecular weight excluding hydrogens is 270 g/mol. The summed E-state index contributed by atoms with van der Waals surface area (Å²) in [4.78, 5) is 7.40. The van der Waals surface area contributed by atoms with Crippen LogP contribution in [0.5, 0.6) is 0 Å². The van der Waals surface area contributed by atoms with Crippen LogP contribution in [0.1, 0.15) is 55.6 Å². The van der Waals surface area contributed by atoms with Crippen LogP contribution in [0.25, 0.3) is 5.82 Å². The summed E-state index contributed by atoms with van der Waals surface area (Å²) < 4.78 is 2.30. The molecule has 3 heterocycles. The van der Waals surface area contributed by atoms with Crippen LogP contribution in [0, 0.1) is 13.8 Å². The first-order valence-corrected chi connectivity index (χ1v) is 8.56. The summed E-state index contributed by atoms with van der Waals surface area (Å²) in [5.74, 6) is 1.12. The van der Waals surface area contributed by atoms with Crippen molar-refractivity contribution in [2.24, 2.45) is 0 Å². The highest BCUT2D eigenvalue weighted by Crippen LogP contribution is 2.34. The molecule has 0 aliphatic carbocycles. The molecule has 0 saturated carbocycles. The van der Waals surface area contributed by atoms with Gasteiger partial charge in [-0.3, -0.25) is 4.90 Å². The highest BCUT2D eigenvalue weighted by atomic mass is 15.2. The lowest BCUT2D eigenvalue weighted by molar-refractivity contribution is 0.148. The Morgan fingerprint density at radius 3 is 2.64 bits per heavy atom. The van der Waals surface area contributed by atoms with E-state index in [1.165, 1.54) is 55.7 Å². The van der Waals surface area contributed by atoms with Crippen molar-refractivity contribution in [1.29, 1.82) is 0 Å². The first kappa shape index (κ1) is 15.3. The first-order chi connectivity index (χ1) is 10.7. The summed E-state index contributed by atoms with van der Waals surface area (Å²) in [6.45, 7) is 9.00. The summed E-state index contributed by atoms with van der Waals surface area (Å²) in [5.41, 5.74) is 3.91. The van der Waals surface area contributed by atoms with E-state index in [9.17, 15) is 0 Å². The molecule has 1 saturated heterocycles. The maximum Gasteiger partial charge on any atom is 0.141 e. The average molecular weight is 297 g/mol. The maximum absolute atomic E-state index is 4.75. The van der Waals surface area contributed by atoms with Gasteiger partial charge in [0, 0.05) is 29.2 Å². The molecule has 3 rings (SSSR count). The van der Waals surface area contributed by atoms with Crippen LogP contribution < -0.4 is 0 Å². The van der Waals surface area contributed by atoms with Crippen molar-refractivity contribution in [1.82, 2.24) is 14.5 Å². The van der Waals surface area contributed by atoms with Crippen molar-refractivity contribution < 1.29 is 0 Å². The summed E-state index contributed by atoms with van der Waals surface area (Å²) >= 11 is 0. The van der Waals surface area contributed by atoms with Crippen LogP contribution in [0.2, 0.25) is 0 Å². The van der Waals surface area contributed by atoms with Crippen LogP contribution in [0.3, 0.4) is 0 Å². The molecule has 1 fully saturated rings. The standard InChI is InChI=1S/C19H27N3/c1-4-13-21-14-6-5-9-18(21)17-8-7-12-20-19(17)22-15(2)10-11-16(22)3/h7-8,10-12,18H,4-6,9,13-14H2,1-3H3. The van der Waals surface area contributed by atoms with Crippen molar-refractivity contribution >= 4 is 0 Å². The van der Waals surface area contributed by atoms with Crippen molar-refractivity contribution in [3.8, 4) is 5.82 Å². The van der Waals surface area contributed by atoms with E-state index in [1.54, 1.807) is 0 Å². The Morgan fingerprint density at radius 1 is 1.14 bits per heavy atom. The summed E-state index contributed by atoms with van der Waals surface area (Å²) in [6, 6.07) is 9.24. The van der Waals surface area contributed by atoms with Gasteiger partial charge in [-0.1, -0.05) is 19.4 Å². The van der Waals surface area contributed by atoms with E-state index in [0.717, 1.165) is 5.82 Å². The minimum Gasteiger partial charge on any atom is -0.303 e. The molecule has 0 bridgehead atoms. The van der Waals surface area contributed by atoms with Gasteiger partial charge in [0.1, 0.15) is 5.82 Å². The Bertz CT molecular complexity index is 608. The third-order valence-corrected chi connectivity index (χ3v) is 4.78. The molecule has 3 heteroatoms. The molecule has 1 atom stereocenters. The number of rotatable bonds is 4. The molecule has 0 aromatic carbocycles. The third kappa shape index (κ3) is 2.82. The molecule has 0 N–H and O–H groups in total. The van der Waals surface area contributed by atoms with Gasteiger partial charge < -0.3 is 4.57 Å². The fourth-order valence-electron chi connectivity index (χ4n) is 3.76. The van der Waals surface area contributed by atoms with Gasteiger partial charge >= 0.3 is 0 Å². The van der Waals surface area contributed by atoms with Crippen LogP contribution >= 0.6 is 0 Å². The SMILES string of the molecule is CCCN1CCCCC1c1cccnc1-n1c(C)ccc1C. The minimum atomic E-state index is 0.513. The minimum absolute atomic E-state index is 0.513. The number of hydrogen-bond donors (Lipinski definition) is 0. The van der Waals surface area contributed by atoms with E-state index in [2.05, 4.69) is 54.5 Å². The molecule has 2 aromatic heterocycles. The molecule has 2 aromatic rings. The van der Waals surface area contributed by atoms with Crippen LogP contribution in [0.4, 0.5) is 0 Å². The van der Waals surface area contributed by atoms with Gasteiger partial charge in [-0.15, -0.1) is 0 Å². The number of aryl methyl sites for hydroxylation is 2. The average Bonchev–Trinajstić information content (AvgIpc) is 2.87. The monoisotopic (exact) mass is 297 g/mol. The predicted octanol–water partition coefficient (Wildman–Crippen LogP) is 4.43. The Kier molecular flexibility index (Phi) is 4.63. The zero-order valence-corrected chi connectivity index (χ0v) is 14.0. The first-order valence-electron chi connectivity index (χ1n) is 8.56. The van der Waals surface area contributed by atoms with Crippen molar-refractivity contribution in [2.45, 2.75) is 52.5 Å². The molecule has 0 radical (unpaired) electrons. The number of piperidine rings is 1. The number of likely N-dealkylation sites (tertiary alicyclic amines) is 1. The van der Waals surface area contributed by atoms with E-state index in [-0.39, 0.29) is 0 Å². The lowest BCUT2D eigenvalue weighted by Gasteiger charge is -2.36. The second-order valence-corrected chi connectivity index (χ2v) is 6.42. The Balaban J connectivity index is 2.04. The van der Waals surface area contributed by atoms with Crippen LogP contribution in [-0.4, -0.2) is 27.5 Å². The van der Waals surface area contributed by atoms with Gasteiger partial charge in [0.05, 0.1) is 0 Å². The normalized spacial score (nSPS) is 19.5. The Morgan fingerprint density at radius 2 is 1.91 bits per heavy atom. The van der Waals surface area contributed by atoms with E-state index in [4.69, 9.17) is 4.98 Å². The fraction of sp³-hybridized carbons (Fsp3) is 0.526. The summed E-state index contributed by atoms with van der Waals surface area (Å²) in [5, 5.41) is 0. The molecule has 1 unspecified atom stereocenters. The lowest BCUT2D eigenvalue weighted by atomic mass is 9.95. The number of hydrogen-bond acceptors (Lipinski definition) is 2. The molecule has 22 heavy (non-hydrogen) atoms. The third-order valence-electron chi connectivity index (χ3n) is 4.78. The van der Waals surface area contributed by atoms with Crippen LogP contribution in [-0.2, 0) is 0 Å². The lowest BCUT2D eigenvalue weighted by Crippen LogP contribution is -2.34. The Hall–Kier alpha value is -1.61. The zero-order chi connectivity index (χ0) is 15.5. The van der Waals surface area contributed by atoms with Gasteiger partial charge in [-0.25, -0.2) is 4.98 Å².